The molecular formula is C20H19N5O2. The van der Waals surface area contributed by atoms with Crippen molar-refractivity contribution >= 4 is 34.6 Å². The van der Waals surface area contributed by atoms with E-state index in [1.54, 1.807) is 28.3 Å². The van der Waals surface area contributed by atoms with Crippen molar-refractivity contribution in [3.05, 3.63) is 60.6 Å². The summed E-state index contributed by atoms with van der Waals surface area (Å²) < 4.78 is 0. The van der Waals surface area contributed by atoms with Gasteiger partial charge in [0.25, 0.3) is 5.91 Å². The van der Waals surface area contributed by atoms with Gasteiger partial charge < -0.3 is 15.1 Å². The van der Waals surface area contributed by atoms with E-state index in [9.17, 15) is 9.59 Å². The molecule has 1 fully saturated rings. The van der Waals surface area contributed by atoms with E-state index < -0.39 is 0 Å². The highest BCUT2D eigenvalue weighted by Gasteiger charge is 2.22. The second-order valence-corrected chi connectivity index (χ2v) is 6.37. The van der Waals surface area contributed by atoms with Gasteiger partial charge in [0.15, 0.2) is 0 Å². The highest BCUT2D eigenvalue weighted by atomic mass is 16.2. The van der Waals surface area contributed by atoms with E-state index >= 15 is 0 Å². The van der Waals surface area contributed by atoms with Crippen LogP contribution in [-0.4, -0.2) is 58.3 Å². The van der Waals surface area contributed by atoms with Gasteiger partial charge in [-0.15, -0.1) is 0 Å². The highest BCUT2D eigenvalue weighted by Crippen LogP contribution is 2.24. The number of benzene rings is 1. The largest absolute Gasteiger partial charge is 0.352 e. The van der Waals surface area contributed by atoms with Crippen LogP contribution in [0.1, 0.15) is 10.5 Å². The van der Waals surface area contributed by atoms with Gasteiger partial charge in [0, 0.05) is 37.8 Å². The normalized spacial score (nSPS) is 14.2. The van der Waals surface area contributed by atoms with Crippen LogP contribution in [0.2, 0.25) is 0 Å². The topological polar surface area (TPSA) is 78.4 Å². The molecule has 0 atom stereocenters. The monoisotopic (exact) mass is 361 g/mol. The lowest BCUT2D eigenvalue weighted by atomic mass is 10.2. The van der Waals surface area contributed by atoms with E-state index in [0.29, 0.717) is 31.9 Å². The number of carbonyl (C=O) groups is 2. The maximum Gasteiger partial charge on any atom is 0.272 e. The number of hydrogen-bond donors (Lipinski definition) is 1. The van der Waals surface area contributed by atoms with E-state index in [-0.39, 0.29) is 5.91 Å². The van der Waals surface area contributed by atoms with Crippen LogP contribution in [0.25, 0.3) is 10.9 Å². The number of amides is 2. The maximum atomic E-state index is 12.6. The van der Waals surface area contributed by atoms with Gasteiger partial charge in [0.05, 0.1) is 23.1 Å². The van der Waals surface area contributed by atoms with Crippen molar-refractivity contribution in [3.8, 4) is 0 Å². The minimum Gasteiger partial charge on any atom is -0.352 e. The minimum atomic E-state index is -0.112. The van der Waals surface area contributed by atoms with Crippen molar-refractivity contribution in [2.45, 2.75) is 0 Å². The summed E-state index contributed by atoms with van der Waals surface area (Å²) >= 11 is 0. The van der Waals surface area contributed by atoms with Crippen LogP contribution in [0.3, 0.4) is 0 Å². The number of fused-ring (bicyclic) bond motifs is 1. The van der Waals surface area contributed by atoms with Crippen LogP contribution in [0.5, 0.6) is 0 Å². The molecule has 1 N–H and O–H groups in total. The number of aromatic nitrogens is 2. The van der Waals surface area contributed by atoms with Gasteiger partial charge in [-0.25, -0.2) is 4.98 Å². The Morgan fingerprint density at radius 2 is 1.81 bits per heavy atom. The highest BCUT2D eigenvalue weighted by molar-refractivity contribution is 5.94. The molecule has 7 heteroatoms. The van der Waals surface area contributed by atoms with Gasteiger partial charge in [0.2, 0.25) is 6.41 Å². The molecular weight excluding hydrogens is 342 g/mol. The van der Waals surface area contributed by atoms with Crippen LogP contribution in [0.15, 0.2) is 54.9 Å². The van der Waals surface area contributed by atoms with Gasteiger partial charge in [0.1, 0.15) is 5.69 Å². The molecule has 3 heterocycles. The van der Waals surface area contributed by atoms with Crippen molar-refractivity contribution in [3.63, 3.8) is 0 Å². The number of para-hydroxylation sites is 1. The van der Waals surface area contributed by atoms with E-state index in [0.717, 1.165) is 28.7 Å². The first-order valence-electron chi connectivity index (χ1n) is 8.80. The van der Waals surface area contributed by atoms with Gasteiger partial charge in [-0.1, -0.05) is 18.2 Å². The lowest BCUT2D eigenvalue weighted by molar-refractivity contribution is -0.119. The first-order chi connectivity index (χ1) is 13.2. The van der Waals surface area contributed by atoms with E-state index in [1.165, 1.54) is 0 Å². The second-order valence-electron chi connectivity index (χ2n) is 6.37. The standard InChI is InChI=1S/C20H19N5O2/c26-14-24-9-11-25(12-10-24)20(27)18-7-6-16(13-22-18)23-17-5-1-3-15-4-2-8-21-19(15)17/h1-8,13-14,23H,9-12H2. The van der Waals surface area contributed by atoms with Crippen LogP contribution >= 0.6 is 0 Å². The molecule has 2 amide bonds. The fourth-order valence-corrected chi connectivity index (χ4v) is 3.15. The molecule has 0 spiro atoms. The third-order valence-electron chi connectivity index (χ3n) is 4.64. The minimum absolute atomic E-state index is 0.112. The molecule has 7 nitrogen and oxygen atoms in total. The molecule has 3 aromatic rings. The molecule has 0 radical (unpaired) electrons. The van der Waals surface area contributed by atoms with Crippen molar-refractivity contribution in [2.24, 2.45) is 0 Å². The zero-order chi connectivity index (χ0) is 18.6. The van der Waals surface area contributed by atoms with Crippen molar-refractivity contribution < 1.29 is 9.59 Å². The summed E-state index contributed by atoms with van der Waals surface area (Å²) in [6.45, 7) is 2.17. The Morgan fingerprint density at radius 1 is 1.00 bits per heavy atom. The van der Waals surface area contributed by atoms with Crippen molar-refractivity contribution in [1.82, 2.24) is 19.8 Å². The molecule has 1 aliphatic heterocycles. The SMILES string of the molecule is O=CN1CCN(C(=O)c2ccc(Nc3cccc4cccnc34)cn2)CC1. The van der Waals surface area contributed by atoms with Gasteiger partial charge in [-0.2, -0.15) is 0 Å². The number of carbonyl (C=O) groups excluding carboxylic acids is 2. The summed E-state index contributed by atoms with van der Waals surface area (Å²) in [7, 11) is 0. The van der Waals surface area contributed by atoms with E-state index in [2.05, 4.69) is 15.3 Å². The number of anilines is 2. The predicted molar refractivity (Wildman–Crippen MR) is 103 cm³/mol. The zero-order valence-corrected chi connectivity index (χ0v) is 14.7. The Labute approximate surface area is 156 Å². The first-order valence-corrected chi connectivity index (χ1v) is 8.80. The van der Waals surface area contributed by atoms with E-state index in [1.807, 2.05) is 36.4 Å². The molecule has 1 saturated heterocycles. The Hall–Kier alpha value is -3.48. The summed E-state index contributed by atoms with van der Waals surface area (Å²) in [6, 6.07) is 13.4. The van der Waals surface area contributed by atoms with Gasteiger partial charge in [-0.3, -0.25) is 14.6 Å². The third kappa shape index (κ3) is 3.57. The predicted octanol–water partition coefficient (Wildman–Crippen LogP) is 2.29. The molecule has 2 aromatic heterocycles. The van der Waals surface area contributed by atoms with Gasteiger partial charge >= 0.3 is 0 Å². The van der Waals surface area contributed by atoms with Crippen LogP contribution in [0, 0.1) is 0 Å². The van der Waals surface area contributed by atoms with Gasteiger partial charge in [-0.05, 0) is 24.3 Å². The fourth-order valence-electron chi connectivity index (χ4n) is 3.15. The summed E-state index contributed by atoms with van der Waals surface area (Å²) in [5.74, 6) is -0.112. The Kier molecular flexibility index (Phi) is 4.65. The maximum absolute atomic E-state index is 12.6. The summed E-state index contributed by atoms with van der Waals surface area (Å²) in [6.07, 6.45) is 4.23. The smallest absolute Gasteiger partial charge is 0.272 e. The average molecular weight is 361 g/mol. The van der Waals surface area contributed by atoms with Crippen LogP contribution < -0.4 is 5.32 Å². The number of piperazine rings is 1. The molecule has 0 unspecified atom stereocenters. The Bertz CT molecular complexity index is 960. The molecule has 0 aliphatic carbocycles. The number of nitrogens with zero attached hydrogens (tertiary/aromatic N) is 4. The molecule has 0 bridgehead atoms. The lowest BCUT2D eigenvalue weighted by Crippen LogP contribution is -2.48. The number of hydrogen-bond acceptors (Lipinski definition) is 5. The summed E-state index contributed by atoms with van der Waals surface area (Å²) in [5, 5.41) is 4.36. The van der Waals surface area contributed by atoms with Crippen LogP contribution in [-0.2, 0) is 4.79 Å². The zero-order valence-electron chi connectivity index (χ0n) is 14.7. The molecule has 27 heavy (non-hydrogen) atoms. The van der Waals surface area contributed by atoms with E-state index in [4.69, 9.17) is 0 Å². The molecule has 4 rings (SSSR count). The molecule has 136 valence electrons. The Balaban J connectivity index is 1.47. The average Bonchev–Trinajstić information content (AvgIpc) is 2.74. The van der Waals surface area contributed by atoms with Crippen molar-refractivity contribution in [1.29, 1.82) is 0 Å². The number of pyridine rings is 2. The third-order valence-corrected chi connectivity index (χ3v) is 4.64. The molecule has 1 aromatic carbocycles. The lowest BCUT2D eigenvalue weighted by Gasteiger charge is -2.32. The molecule has 0 saturated carbocycles. The summed E-state index contributed by atoms with van der Waals surface area (Å²) in [4.78, 5) is 35.5. The Morgan fingerprint density at radius 3 is 2.56 bits per heavy atom. The summed E-state index contributed by atoms with van der Waals surface area (Å²) in [5.41, 5.74) is 2.96. The first kappa shape index (κ1) is 17.0. The quantitative estimate of drug-likeness (QED) is 0.722. The fraction of sp³-hybridized carbons (Fsp3) is 0.200. The molecule has 1 aliphatic rings. The van der Waals surface area contributed by atoms with Crippen LogP contribution in [0.4, 0.5) is 11.4 Å². The second kappa shape index (κ2) is 7.41. The number of rotatable bonds is 4. The van der Waals surface area contributed by atoms with Crippen molar-refractivity contribution in [2.75, 3.05) is 31.5 Å². The number of nitrogens with one attached hydrogen (secondary N) is 1.